The smallest absolute Gasteiger partial charge is 0.257 e. The van der Waals surface area contributed by atoms with Crippen molar-refractivity contribution in [3.05, 3.63) is 64.7 Å². The monoisotopic (exact) mass is 387 g/mol. The van der Waals surface area contributed by atoms with Gasteiger partial charge in [-0.15, -0.1) is 0 Å². The van der Waals surface area contributed by atoms with Crippen LogP contribution in [0.1, 0.15) is 21.8 Å². The zero-order valence-electron chi connectivity index (χ0n) is 15.0. The standard InChI is InChI=1S/C21H22ClNO4/c1-27-17-8-7-14(22)9-15(17)20(26)23-10-18(25)21(12-23)16(11-24)19(21)13-5-3-2-4-6-13/h2-9,16,18-19,24-25H,10-12H2,1H3/t16-,18+,19-,21-/m1/s1. The van der Waals surface area contributed by atoms with Crippen molar-refractivity contribution >= 4 is 17.5 Å². The molecule has 1 amide bonds. The Morgan fingerprint density at radius 1 is 1.30 bits per heavy atom. The molecular weight excluding hydrogens is 366 g/mol. The van der Waals surface area contributed by atoms with Crippen LogP contribution < -0.4 is 4.74 Å². The predicted molar refractivity (Wildman–Crippen MR) is 102 cm³/mol. The van der Waals surface area contributed by atoms with Gasteiger partial charge in [-0.05, 0) is 35.6 Å². The van der Waals surface area contributed by atoms with Crippen LogP contribution in [0.4, 0.5) is 0 Å². The first-order valence-electron chi connectivity index (χ1n) is 8.99. The second-order valence-electron chi connectivity index (χ2n) is 7.34. The molecule has 2 N–H and O–H groups in total. The van der Waals surface area contributed by atoms with Gasteiger partial charge in [-0.3, -0.25) is 4.79 Å². The lowest BCUT2D eigenvalue weighted by molar-refractivity contribution is 0.0760. The normalized spacial score (nSPS) is 29.2. The predicted octanol–water partition coefficient (Wildman–Crippen LogP) is 2.56. The van der Waals surface area contributed by atoms with Crippen molar-refractivity contribution in [3.63, 3.8) is 0 Å². The highest BCUT2D eigenvalue weighted by Crippen LogP contribution is 2.68. The first-order chi connectivity index (χ1) is 13.0. The van der Waals surface area contributed by atoms with Crippen molar-refractivity contribution < 1.29 is 19.7 Å². The maximum atomic E-state index is 13.1. The summed E-state index contributed by atoms with van der Waals surface area (Å²) in [6.45, 7) is 0.612. The number of carbonyl (C=O) groups excluding carboxylic acids is 1. The molecule has 5 nitrogen and oxygen atoms in total. The third kappa shape index (κ3) is 2.81. The van der Waals surface area contributed by atoms with Gasteiger partial charge in [0.2, 0.25) is 0 Å². The van der Waals surface area contributed by atoms with Gasteiger partial charge in [0.25, 0.3) is 5.91 Å². The summed E-state index contributed by atoms with van der Waals surface area (Å²) in [6.07, 6.45) is -0.686. The van der Waals surface area contributed by atoms with Crippen LogP contribution in [0.15, 0.2) is 48.5 Å². The number of aliphatic hydroxyl groups excluding tert-OH is 2. The van der Waals surface area contributed by atoms with Gasteiger partial charge in [0.1, 0.15) is 5.75 Å². The lowest BCUT2D eigenvalue weighted by Crippen LogP contribution is -2.30. The Morgan fingerprint density at radius 2 is 2.04 bits per heavy atom. The Kier molecular flexibility index (Phi) is 4.62. The molecule has 2 fully saturated rings. The first-order valence-corrected chi connectivity index (χ1v) is 9.37. The number of hydrogen-bond acceptors (Lipinski definition) is 4. The SMILES string of the molecule is COc1ccc(Cl)cc1C(=O)N1C[C@H](O)[C@@]2(C1)[C@H](CO)[C@H]2c1ccccc1. The van der Waals surface area contributed by atoms with E-state index in [4.69, 9.17) is 16.3 Å². The quantitative estimate of drug-likeness (QED) is 0.845. The van der Waals surface area contributed by atoms with Gasteiger partial charge < -0.3 is 19.8 Å². The molecule has 2 aromatic rings. The van der Waals surface area contributed by atoms with Crippen molar-refractivity contribution in [2.75, 3.05) is 26.8 Å². The topological polar surface area (TPSA) is 70.0 Å². The molecule has 2 aliphatic rings. The van der Waals surface area contributed by atoms with Gasteiger partial charge in [-0.25, -0.2) is 0 Å². The van der Waals surface area contributed by atoms with E-state index in [2.05, 4.69) is 0 Å². The summed E-state index contributed by atoms with van der Waals surface area (Å²) in [5.74, 6) is 0.210. The minimum absolute atomic E-state index is 0.0147. The zero-order chi connectivity index (χ0) is 19.2. The van der Waals surface area contributed by atoms with Crippen LogP contribution in [0.2, 0.25) is 5.02 Å². The average Bonchev–Trinajstić information content (AvgIpc) is 3.22. The Balaban J connectivity index is 1.62. The molecule has 1 saturated carbocycles. The Labute approximate surface area is 163 Å². The average molecular weight is 388 g/mol. The molecule has 1 saturated heterocycles. The van der Waals surface area contributed by atoms with Crippen molar-refractivity contribution in [2.24, 2.45) is 11.3 Å². The largest absolute Gasteiger partial charge is 0.496 e. The number of nitrogens with zero attached hydrogens (tertiary/aromatic N) is 1. The molecule has 1 heterocycles. The number of β-amino-alcohol motifs (C(OH)–C–C–N with tert-alkyl or cyclic N) is 1. The maximum absolute atomic E-state index is 13.1. The van der Waals surface area contributed by atoms with Gasteiger partial charge in [0, 0.05) is 30.1 Å². The lowest BCUT2D eigenvalue weighted by Gasteiger charge is -2.18. The van der Waals surface area contributed by atoms with E-state index in [1.807, 2.05) is 30.3 Å². The molecule has 0 aromatic heterocycles. The van der Waals surface area contributed by atoms with Crippen molar-refractivity contribution in [1.82, 2.24) is 4.90 Å². The molecule has 0 bridgehead atoms. The maximum Gasteiger partial charge on any atom is 0.257 e. The van der Waals surface area contributed by atoms with E-state index in [1.165, 1.54) is 7.11 Å². The fourth-order valence-corrected chi connectivity index (χ4v) is 4.91. The summed E-state index contributed by atoms with van der Waals surface area (Å²) >= 11 is 6.06. The van der Waals surface area contributed by atoms with E-state index in [0.29, 0.717) is 22.9 Å². The van der Waals surface area contributed by atoms with Crippen LogP contribution in [0.5, 0.6) is 5.75 Å². The number of benzene rings is 2. The summed E-state index contributed by atoms with van der Waals surface area (Å²) in [4.78, 5) is 14.7. The number of amides is 1. The second-order valence-corrected chi connectivity index (χ2v) is 7.77. The number of likely N-dealkylation sites (tertiary alicyclic amines) is 1. The first kappa shape index (κ1) is 18.3. The molecule has 2 aromatic carbocycles. The molecule has 4 atom stereocenters. The van der Waals surface area contributed by atoms with E-state index in [1.54, 1.807) is 23.1 Å². The third-order valence-corrected chi connectivity index (χ3v) is 6.31. The van der Waals surface area contributed by atoms with Crippen LogP contribution in [0.3, 0.4) is 0 Å². The minimum atomic E-state index is -0.686. The van der Waals surface area contributed by atoms with E-state index in [-0.39, 0.29) is 30.9 Å². The molecule has 1 aliphatic heterocycles. The number of aliphatic hydroxyl groups is 2. The Morgan fingerprint density at radius 3 is 2.70 bits per heavy atom. The highest BCUT2D eigenvalue weighted by atomic mass is 35.5. The lowest BCUT2D eigenvalue weighted by atomic mass is 9.95. The van der Waals surface area contributed by atoms with Crippen LogP contribution in [-0.2, 0) is 0 Å². The van der Waals surface area contributed by atoms with Crippen LogP contribution >= 0.6 is 11.6 Å². The Hall–Kier alpha value is -2.08. The van der Waals surface area contributed by atoms with Crippen LogP contribution in [0.25, 0.3) is 0 Å². The zero-order valence-corrected chi connectivity index (χ0v) is 15.8. The summed E-state index contributed by atoms with van der Waals surface area (Å²) < 4.78 is 5.30. The molecule has 1 spiro atoms. The third-order valence-electron chi connectivity index (χ3n) is 6.08. The fraction of sp³-hybridized carbons (Fsp3) is 0.381. The summed E-state index contributed by atoms with van der Waals surface area (Å²) in [5, 5.41) is 21.2. The molecular formula is C21H22ClNO4. The van der Waals surface area contributed by atoms with Crippen molar-refractivity contribution in [3.8, 4) is 5.75 Å². The van der Waals surface area contributed by atoms with Gasteiger partial charge in [0.05, 0.1) is 18.8 Å². The van der Waals surface area contributed by atoms with Gasteiger partial charge in [0.15, 0.2) is 0 Å². The number of methoxy groups -OCH3 is 1. The van der Waals surface area contributed by atoms with E-state index in [0.717, 1.165) is 5.56 Å². The second kappa shape index (κ2) is 6.82. The molecule has 6 heteroatoms. The minimum Gasteiger partial charge on any atom is -0.496 e. The summed E-state index contributed by atoms with van der Waals surface area (Å²) in [5.41, 5.74) is 0.967. The highest BCUT2D eigenvalue weighted by Gasteiger charge is 2.71. The van der Waals surface area contributed by atoms with E-state index in [9.17, 15) is 15.0 Å². The highest BCUT2D eigenvalue weighted by molar-refractivity contribution is 6.31. The number of hydrogen-bond donors (Lipinski definition) is 2. The molecule has 4 rings (SSSR count). The van der Waals surface area contributed by atoms with E-state index < -0.39 is 11.5 Å². The molecule has 142 valence electrons. The molecule has 0 unspecified atom stereocenters. The molecule has 1 aliphatic carbocycles. The van der Waals surface area contributed by atoms with Gasteiger partial charge in [-0.1, -0.05) is 41.9 Å². The number of carbonyl (C=O) groups is 1. The summed E-state index contributed by atoms with van der Waals surface area (Å²) in [7, 11) is 1.51. The van der Waals surface area contributed by atoms with Crippen molar-refractivity contribution in [2.45, 2.75) is 12.0 Å². The van der Waals surface area contributed by atoms with Gasteiger partial charge in [-0.2, -0.15) is 0 Å². The van der Waals surface area contributed by atoms with Gasteiger partial charge >= 0.3 is 0 Å². The Bertz CT molecular complexity index is 859. The number of rotatable bonds is 4. The molecule has 0 radical (unpaired) electrons. The van der Waals surface area contributed by atoms with Crippen molar-refractivity contribution in [1.29, 1.82) is 0 Å². The molecule has 27 heavy (non-hydrogen) atoms. The summed E-state index contributed by atoms with van der Waals surface area (Å²) in [6, 6.07) is 14.8. The number of halogens is 1. The van der Waals surface area contributed by atoms with Crippen LogP contribution in [-0.4, -0.2) is 53.9 Å². The fourth-order valence-electron chi connectivity index (χ4n) is 4.74. The van der Waals surface area contributed by atoms with E-state index >= 15 is 0 Å². The number of ether oxygens (including phenoxy) is 1. The van der Waals surface area contributed by atoms with Crippen LogP contribution in [0, 0.1) is 11.3 Å².